The first kappa shape index (κ1) is 21.5. The highest BCUT2D eigenvalue weighted by Gasteiger charge is 2.33. The van der Waals surface area contributed by atoms with E-state index in [0.29, 0.717) is 6.54 Å². The van der Waals surface area contributed by atoms with Gasteiger partial charge in [0.15, 0.2) is 0 Å². The van der Waals surface area contributed by atoms with E-state index in [-0.39, 0.29) is 24.4 Å². The molecule has 1 saturated carbocycles. The zero-order valence-corrected chi connectivity index (χ0v) is 18.7. The summed E-state index contributed by atoms with van der Waals surface area (Å²) in [6, 6.07) is 11.1. The summed E-state index contributed by atoms with van der Waals surface area (Å²) >= 11 is 1.52. The summed E-state index contributed by atoms with van der Waals surface area (Å²) in [5, 5.41) is 13.5. The maximum absolute atomic E-state index is 13.5. The number of fused-ring (bicyclic) bond motifs is 1. The lowest BCUT2D eigenvalue weighted by Gasteiger charge is -2.31. The van der Waals surface area contributed by atoms with E-state index in [1.807, 2.05) is 41.8 Å². The van der Waals surface area contributed by atoms with Gasteiger partial charge in [-0.3, -0.25) is 9.59 Å². The lowest BCUT2D eigenvalue weighted by molar-refractivity contribution is -0.141. The maximum atomic E-state index is 13.5. The molecular weight excluding hydrogens is 410 g/mol. The van der Waals surface area contributed by atoms with Crippen molar-refractivity contribution in [2.45, 2.75) is 64.1 Å². The summed E-state index contributed by atoms with van der Waals surface area (Å²) < 4.78 is 1.62. The number of hydrogen-bond acceptors (Lipinski definition) is 5. The molecule has 164 valence electrons. The van der Waals surface area contributed by atoms with E-state index in [1.165, 1.54) is 11.3 Å². The van der Waals surface area contributed by atoms with Crippen LogP contribution in [0.15, 0.2) is 41.8 Å². The number of amides is 2. The van der Waals surface area contributed by atoms with Crippen molar-refractivity contribution in [3.63, 3.8) is 0 Å². The number of hydrogen-bond donors (Lipinski definition) is 1. The molecule has 7 nitrogen and oxygen atoms in total. The second-order valence-corrected chi connectivity index (χ2v) is 9.06. The van der Waals surface area contributed by atoms with Crippen LogP contribution in [0.25, 0.3) is 11.0 Å². The largest absolute Gasteiger partial charge is 0.351 e. The van der Waals surface area contributed by atoms with Gasteiger partial charge in [-0.1, -0.05) is 49.6 Å². The van der Waals surface area contributed by atoms with Gasteiger partial charge in [-0.25, -0.2) is 4.68 Å². The van der Waals surface area contributed by atoms with Crippen molar-refractivity contribution in [2.24, 2.45) is 0 Å². The maximum Gasteiger partial charge on any atom is 0.248 e. The number of unbranched alkanes of at least 4 members (excludes halogenated alkanes) is 1. The van der Waals surface area contributed by atoms with Crippen LogP contribution in [0.2, 0.25) is 0 Å². The summed E-state index contributed by atoms with van der Waals surface area (Å²) in [7, 11) is 0. The molecule has 4 rings (SSSR count). The Morgan fingerprint density at radius 2 is 2.03 bits per heavy atom. The fourth-order valence-corrected chi connectivity index (χ4v) is 5.04. The average Bonchev–Trinajstić information content (AvgIpc) is 3.54. The highest BCUT2D eigenvalue weighted by atomic mass is 32.1. The van der Waals surface area contributed by atoms with Crippen molar-refractivity contribution in [3.05, 3.63) is 46.7 Å². The number of rotatable bonds is 9. The molecule has 2 aromatic heterocycles. The molecule has 0 saturated heterocycles. The number of aromatic nitrogens is 3. The molecule has 1 aliphatic rings. The van der Waals surface area contributed by atoms with E-state index in [4.69, 9.17) is 0 Å². The predicted molar refractivity (Wildman–Crippen MR) is 122 cm³/mol. The highest BCUT2D eigenvalue weighted by molar-refractivity contribution is 7.10. The molecule has 1 atom stereocenters. The lowest BCUT2D eigenvalue weighted by atomic mass is 10.1. The van der Waals surface area contributed by atoms with Crippen molar-refractivity contribution in [1.82, 2.24) is 25.2 Å². The van der Waals surface area contributed by atoms with Crippen LogP contribution in [0, 0.1) is 0 Å². The van der Waals surface area contributed by atoms with Gasteiger partial charge in [0.05, 0.1) is 5.52 Å². The smallest absolute Gasteiger partial charge is 0.248 e. The normalized spacial score (nSPS) is 15.3. The second-order valence-electron chi connectivity index (χ2n) is 8.08. The number of nitrogens with zero attached hydrogens (tertiary/aromatic N) is 4. The highest BCUT2D eigenvalue weighted by Crippen LogP contribution is 2.28. The Bertz CT molecular complexity index is 1010. The third kappa shape index (κ3) is 4.95. The van der Waals surface area contributed by atoms with E-state index < -0.39 is 6.04 Å². The van der Waals surface area contributed by atoms with Gasteiger partial charge in [-0.2, -0.15) is 0 Å². The van der Waals surface area contributed by atoms with Crippen LogP contribution in [0.4, 0.5) is 0 Å². The van der Waals surface area contributed by atoms with E-state index in [9.17, 15) is 9.59 Å². The number of carbonyl (C=O) groups is 2. The van der Waals surface area contributed by atoms with Crippen LogP contribution < -0.4 is 5.32 Å². The van der Waals surface area contributed by atoms with E-state index in [1.54, 1.807) is 9.58 Å². The molecule has 2 heterocycles. The van der Waals surface area contributed by atoms with Crippen molar-refractivity contribution in [1.29, 1.82) is 0 Å². The predicted octanol–water partition coefficient (Wildman–Crippen LogP) is 3.92. The average molecular weight is 440 g/mol. The van der Waals surface area contributed by atoms with E-state index in [2.05, 4.69) is 22.6 Å². The Hall–Kier alpha value is -2.74. The van der Waals surface area contributed by atoms with E-state index in [0.717, 1.165) is 54.4 Å². The zero-order chi connectivity index (χ0) is 21.6. The van der Waals surface area contributed by atoms with Crippen LogP contribution in [-0.4, -0.2) is 44.3 Å². The molecule has 0 radical (unpaired) electrons. The number of thiophene rings is 1. The molecule has 1 unspecified atom stereocenters. The minimum atomic E-state index is -0.616. The Balaban J connectivity index is 1.60. The number of carbonyl (C=O) groups excluding carboxylic acids is 2. The van der Waals surface area contributed by atoms with Crippen LogP contribution in [0.5, 0.6) is 0 Å². The van der Waals surface area contributed by atoms with Gasteiger partial charge >= 0.3 is 0 Å². The summed E-state index contributed by atoms with van der Waals surface area (Å²) in [6.45, 7) is 2.68. The molecule has 2 amide bonds. The molecule has 1 fully saturated rings. The fraction of sp³-hybridized carbons (Fsp3) is 0.478. The summed E-state index contributed by atoms with van der Waals surface area (Å²) in [5.41, 5.74) is 1.57. The van der Waals surface area contributed by atoms with Crippen LogP contribution in [0.1, 0.15) is 56.4 Å². The van der Waals surface area contributed by atoms with E-state index >= 15 is 0 Å². The first-order valence-electron chi connectivity index (χ1n) is 11.1. The number of para-hydroxylation sites is 1. The minimum absolute atomic E-state index is 0.0583. The van der Waals surface area contributed by atoms with Gasteiger partial charge in [0, 0.05) is 17.5 Å². The first-order chi connectivity index (χ1) is 15.2. The molecule has 31 heavy (non-hydrogen) atoms. The Morgan fingerprint density at radius 3 is 2.77 bits per heavy atom. The quantitative estimate of drug-likeness (QED) is 0.548. The number of nitrogens with one attached hydrogen (secondary N) is 1. The molecule has 1 N–H and O–H groups in total. The monoisotopic (exact) mass is 439 g/mol. The van der Waals surface area contributed by atoms with Crippen molar-refractivity contribution < 1.29 is 9.59 Å². The minimum Gasteiger partial charge on any atom is -0.351 e. The van der Waals surface area contributed by atoms with Gasteiger partial charge < -0.3 is 10.2 Å². The van der Waals surface area contributed by atoms with Crippen LogP contribution >= 0.6 is 11.3 Å². The molecule has 8 heteroatoms. The Labute approximate surface area is 186 Å². The van der Waals surface area contributed by atoms with Crippen LogP contribution in [0.3, 0.4) is 0 Å². The fourth-order valence-electron chi connectivity index (χ4n) is 4.20. The van der Waals surface area contributed by atoms with Gasteiger partial charge in [-0.05, 0) is 42.8 Å². The van der Waals surface area contributed by atoms with Gasteiger partial charge in [0.25, 0.3) is 0 Å². The van der Waals surface area contributed by atoms with Crippen molar-refractivity contribution in [2.75, 3.05) is 6.54 Å². The second kappa shape index (κ2) is 10.0. The molecule has 3 aromatic rings. The third-order valence-electron chi connectivity index (χ3n) is 5.85. The Morgan fingerprint density at radius 1 is 1.23 bits per heavy atom. The first-order valence-corrected chi connectivity index (χ1v) is 12.0. The molecule has 0 bridgehead atoms. The molecule has 0 spiro atoms. The van der Waals surface area contributed by atoms with Crippen LogP contribution in [-0.2, 0) is 16.1 Å². The van der Waals surface area contributed by atoms with Crippen molar-refractivity contribution >= 4 is 34.2 Å². The Kier molecular flexibility index (Phi) is 6.96. The molecule has 1 aromatic carbocycles. The molecule has 1 aliphatic carbocycles. The van der Waals surface area contributed by atoms with Gasteiger partial charge in [-0.15, -0.1) is 16.4 Å². The lowest BCUT2D eigenvalue weighted by Crippen LogP contribution is -2.47. The summed E-state index contributed by atoms with van der Waals surface area (Å²) in [4.78, 5) is 29.5. The zero-order valence-electron chi connectivity index (χ0n) is 17.9. The van der Waals surface area contributed by atoms with Crippen molar-refractivity contribution in [3.8, 4) is 0 Å². The standard InChI is InChI=1S/C23H29N5O2S/c1-2-3-14-27(21(29)16-28-19-12-7-6-11-18(19)25-26-28)22(20-13-8-15-31-20)23(30)24-17-9-4-5-10-17/h6-8,11-13,15,17,22H,2-5,9-10,14,16H2,1H3,(H,24,30). The molecule has 0 aliphatic heterocycles. The number of benzene rings is 1. The van der Waals surface area contributed by atoms with Gasteiger partial charge in [0.1, 0.15) is 18.1 Å². The summed E-state index contributed by atoms with van der Waals surface area (Å²) in [6.07, 6.45) is 6.09. The SMILES string of the molecule is CCCCN(C(=O)Cn1nnc2ccccc21)C(C(=O)NC1CCCC1)c1cccs1. The third-order valence-corrected chi connectivity index (χ3v) is 6.78. The van der Waals surface area contributed by atoms with Gasteiger partial charge in [0.2, 0.25) is 11.8 Å². The topological polar surface area (TPSA) is 80.1 Å². The molecular formula is C23H29N5O2S. The summed E-state index contributed by atoms with van der Waals surface area (Å²) in [5.74, 6) is -0.202.